The first kappa shape index (κ1) is 29.6. The average molecular weight is 559 g/mol. The second kappa shape index (κ2) is 14.8. The number of nitriles is 1. The van der Waals surface area contributed by atoms with Crippen LogP contribution in [0.5, 0.6) is 23.0 Å². The molecule has 0 saturated heterocycles. The summed E-state index contributed by atoms with van der Waals surface area (Å²) in [5.41, 5.74) is 2.08. The molecule has 3 aromatic carbocycles. The van der Waals surface area contributed by atoms with Crippen LogP contribution < -0.4 is 24.3 Å². The van der Waals surface area contributed by atoms with E-state index in [2.05, 4.69) is 11.9 Å². The molecule has 0 aromatic heterocycles. The quantitative estimate of drug-likeness (QED) is 0.0989. The molecular weight excluding hydrogens is 532 g/mol. The predicted molar refractivity (Wildman–Crippen MR) is 153 cm³/mol. The van der Waals surface area contributed by atoms with Crippen molar-refractivity contribution in [2.45, 2.75) is 6.61 Å². The van der Waals surface area contributed by atoms with E-state index in [1.165, 1.54) is 38.5 Å². The van der Waals surface area contributed by atoms with Crippen molar-refractivity contribution >= 4 is 35.6 Å². The van der Waals surface area contributed by atoms with Gasteiger partial charge >= 0.3 is 5.97 Å². The van der Waals surface area contributed by atoms with Crippen molar-refractivity contribution in [1.82, 2.24) is 5.32 Å². The highest BCUT2D eigenvalue weighted by atomic mass is 35.5. The minimum absolute atomic E-state index is 0.0894. The molecule has 0 aliphatic rings. The van der Waals surface area contributed by atoms with Gasteiger partial charge in [-0.25, -0.2) is 4.79 Å². The SMILES string of the molecule is C=CCNC(=O)/C(C#N)=C/c1ccc(OC(=O)/C=C/c2ccc(OCc3ccc(Cl)cc3)c(OC)c2)c(OC)c1. The van der Waals surface area contributed by atoms with Crippen LogP contribution in [0.4, 0.5) is 0 Å². The van der Waals surface area contributed by atoms with Crippen LogP contribution in [0, 0.1) is 11.3 Å². The molecule has 0 saturated carbocycles. The Morgan fingerprint density at radius 2 is 1.60 bits per heavy atom. The molecule has 3 aromatic rings. The summed E-state index contributed by atoms with van der Waals surface area (Å²) in [4.78, 5) is 24.6. The Bertz CT molecular complexity index is 1470. The predicted octanol–water partition coefficient (Wildman–Crippen LogP) is 5.76. The Morgan fingerprint density at radius 3 is 2.27 bits per heavy atom. The molecule has 0 aliphatic heterocycles. The molecule has 1 N–H and O–H groups in total. The second-order valence-corrected chi connectivity index (χ2v) is 8.60. The van der Waals surface area contributed by atoms with E-state index in [9.17, 15) is 14.9 Å². The van der Waals surface area contributed by atoms with Crippen LogP contribution in [0.25, 0.3) is 12.2 Å². The highest BCUT2D eigenvalue weighted by Crippen LogP contribution is 2.31. The first-order chi connectivity index (χ1) is 19.4. The lowest BCUT2D eigenvalue weighted by Gasteiger charge is -2.11. The summed E-state index contributed by atoms with van der Waals surface area (Å²) in [5, 5.41) is 12.5. The van der Waals surface area contributed by atoms with Gasteiger partial charge in [0.2, 0.25) is 0 Å². The number of esters is 1. The van der Waals surface area contributed by atoms with Gasteiger partial charge in [0, 0.05) is 17.6 Å². The van der Waals surface area contributed by atoms with Gasteiger partial charge in [-0.3, -0.25) is 4.79 Å². The van der Waals surface area contributed by atoms with E-state index in [0.717, 1.165) is 5.56 Å². The highest BCUT2D eigenvalue weighted by molar-refractivity contribution is 6.30. The summed E-state index contributed by atoms with van der Waals surface area (Å²) in [5.74, 6) is 0.319. The van der Waals surface area contributed by atoms with Crippen LogP contribution in [-0.4, -0.2) is 32.6 Å². The number of halogens is 1. The normalized spacial score (nSPS) is 10.9. The van der Waals surface area contributed by atoms with Crippen molar-refractivity contribution < 1.29 is 28.5 Å². The molecule has 9 heteroatoms. The van der Waals surface area contributed by atoms with Gasteiger partial charge in [0.05, 0.1) is 14.2 Å². The molecule has 1 amide bonds. The number of benzene rings is 3. The highest BCUT2D eigenvalue weighted by Gasteiger charge is 2.12. The molecule has 0 bridgehead atoms. The van der Waals surface area contributed by atoms with Crippen molar-refractivity contribution in [2.24, 2.45) is 0 Å². The lowest BCUT2D eigenvalue weighted by Crippen LogP contribution is -2.24. The molecule has 0 spiro atoms. The minimum Gasteiger partial charge on any atom is -0.493 e. The average Bonchev–Trinajstić information content (AvgIpc) is 2.98. The number of carbonyl (C=O) groups excluding carboxylic acids is 2. The molecule has 3 rings (SSSR count). The number of hydrogen-bond donors (Lipinski definition) is 1. The van der Waals surface area contributed by atoms with Crippen molar-refractivity contribution in [3.8, 4) is 29.1 Å². The molecule has 8 nitrogen and oxygen atoms in total. The van der Waals surface area contributed by atoms with E-state index < -0.39 is 11.9 Å². The van der Waals surface area contributed by atoms with E-state index in [1.807, 2.05) is 18.2 Å². The smallest absolute Gasteiger partial charge is 0.336 e. The van der Waals surface area contributed by atoms with Gasteiger partial charge in [-0.2, -0.15) is 5.26 Å². The fourth-order valence-corrected chi connectivity index (χ4v) is 3.52. The lowest BCUT2D eigenvalue weighted by atomic mass is 10.1. The number of carbonyl (C=O) groups is 2. The van der Waals surface area contributed by atoms with Gasteiger partial charge in [-0.15, -0.1) is 6.58 Å². The zero-order valence-electron chi connectivity index (χ0n) is 22.0. The molecule has 0 fully saturated rings. The number of rotatable bonds is 12. The third-order valence-electron chi connectivity index (χ3n) is 5.39. The van der Waals surface area contributed by atoms with E-state index >= 15 is 0 Å². The summed E-state index contributed by atoms with van der Waals surface area (Å²) < 4.78 is 22.1. The Hall–Kier alpha value is -5.00. The van der Waals surface area contributed by atoms with Gasteiger partial charge < -0.3 is 24.3 Å². The van der Waals surface area contributed by atoms with Crippen LogP contribution in [0.2, 0.25) is 5.02 Å². The zero-order valence-corrected chi connectivity index (χ0v) is 22.7. The van der Waals surface area contributed by atoms with Crippen molar-refractivity contribution in [3.63, 3.8) is 0 Å². The Morgan fingerprint density at radius 1 is 0.950 bits per heavy atom. The number of nitrogens with one attached hydrogen (secondary N) is 1. The van der Waals surface area contributed by atoms with Crippen LogP contribution in [0.3, 0.4) is 0 Å². The molecular formula is C31H27ClN2O6. The summed E-state index contributed by atoms with van der Waals surface area (Å²) >= 11 is 5.92. The van der Waals surface area contributed by atoms with Gasteiger partial charge in [-0.1, -0.05) is 41.9 Å². The Kier molecular flexibility index (Phi) is 10.9. The largest absolute Gasteiger partial charge is 0.493 e. The molecule has 40 heavy (non-hydrogen) atoms. The van der Waals surface area contributed by atoms with Gasteiger partial charge in [-0.05, 0) is 65.2 Å². The Labute approximate surface area is 237 Å². The molecule has 204 valence electrons. The zero-order chi connectivity index (χ0) is 28.9. The fourth-order valence-electron chi connectivity index (χ4n) is 3.39. The monoisotopic (exact) mass is 558 g/mol. The van der Waals surface area contributed by atoms with Gasteiger partial charge in [0.1, 0.15) is 18.2 Å². The molecule has 0 unspecified atom stereocenters. The van der Waals surface area contributed by atoms with Crippen LogP contribution in [0.1, 0.15) is 16.7 Å². The van der Waals surface area contributed by atoms with E-state index in [0.29, 0.717) is 34.3 Å². The van der Waals surface area contributed by atoms with E-state index in [1.54, 1.807) is 48.5 Å². The summed E-state index contributed by atoms with van der Waals surface area (Å²) in [6.07, 6.45) is 5.77. The van der Waals surface area contributed by atoms with Crippen molar-refractivity contribution in [2.75, 3.05) is 20.8 Å². The van der Waals surface area contributed by atoms with Crippen LogP contribution >= 0.6 is 11.6 Å². The number of methoxy groups -OCH3 is 2. The topological polar surface area (TPSA) is 107 Å². The number of hydrogen-bond acceptors (Lipinski definition) is 7. The van der Waals surface area contributed by atoms with Crippen LogP contribution in [0.15, 0.2) is 85.0 Å². The third-order valence-corrected chi connectivity index (χ3v) is 5.64. The standard InChI is InChI=1S/C31H27ClN2O6/c1-4-15-34-31(36)24(19-33)16-23-8-13-27(29(18-23)38-3)40-30(35)14-9-21-7-12-26(28(17-21)37-2)39-20-22-5-10-25(32)11-6-22/h4-14,16-18H,1,15,20H2,2-3H3,(H,34,36)/b14-9+,24-16+. The van der Waals surface area contributed by atoms with E-state index in [-0.39, 0.29) is 23.6 Å². The first-order valence-corrected chi connectivity index (χ1v) is 12.4. The maximum Gasteiger partial charge on any atom is 0.336 e. The number of ether oxygens (including phenoxy) is 4. The van der Waals surface area contributed by atoms with Crippen LogP contribution in [-0.2, 0) is 16.2 Å². The summed E-state index contributed by atoms with van der Waals surface area (Å²) in [7, 11) is 2.95. The fraction of sp³-hybridized carbons (Fsp3) is 0.129. The Balaban J connectivity index is 1.67. The maximum absolute atomic E-state index is 12.5. The minimum atomic E-state index is -0.634. The second-order valence-electron chi connectivity index (χ2n) is 8.16. The molecule has 0 radical (unpaired) electrons. The van der Waals surface area contributed by atoms with Gasteiger partial charge in [0.25, 0.3) is 5.91 Å². The van der Waals surface area contributed by atoms with E-state index in [4.69, 9.17) is 30.5 Å². The lowest BCUT2D eigenvalue weighted by molar-refractivity contribution is -0.129. The summed E-state index contributed by atoms with van der Waals surface area (Å²) in [6, 6.07) is 19.1. The molecule has 0 heterocycles. The summed E-state index contributed by atoms with van der Waals surface area (Å²) in [6.45, 7) is 4.10. The van der Waals surface area contributed by atoms with Gasteiger partial charge in [0.15, 0.2) is 23.0 Å². The molecule has 0 aliphatic carbocycles. The number of amides is 1. The number of nitrogens with zero attached hydrogens (tertiary/aromatic N) is 1. The molecule has 0 atom stereocenters. The van der Waals surface area contributed by atoms with Crippen molar-refractivity contribution in [1.29, 1.82) is 5.26 Å². The third kappa shape index (κ3) is 8.51. The first-order valence-electron chi connectivity index (χ1n) is 12.0. The van der Waals surface area contributed by atoms with Crippen molar-refractivity contribution in [3.05, 3.63) is 107 Å². The maximum atomic E-state index is 12.5.